The molecule has 324 valence electrons. The van der Waals surface area contributed by atoms with Gasteiger partial charge >= 0.3 is 0 Å². The quantitative estimate of drug-likeness (QED) is 0.160. The minimum atomic E-state index is -0.0677. The molecular formula is C63H46B2N4. The summed E-state index contributed by atoms with van der Waals surface area (Å²) in [6, 6.07) is 83.8. The third kappa shape index (κ3) is 5.85. The highest BCUT2D eigenvalue weighted by atomic mass is 15.2. The predicted molar refractivity (Wildman–Crippen MR) is 295 cm³/mol. The van der Waals surface area contributed by atoms with Crippen LogP contribution in [-0.4, -0.2) is 18.0 Å². The van der Waals surface area contributed by atoms with Crippen LogP contribution in [0.1, 0.15) is 16.7 Å². The molecule has 0 bridgehead atoms. The highest BCUT2D eigenvalue weighted by Crippen LogP contribution is 2.48. The summed E-state index contributed by atoms with van der Waals surface area (Å²) in [7, 11) is 0. The van der Waals surface area contributed by atoms with Crippen molar-refractivity contribution in [3.63, 3.8) is 0 Å². The molecule has 4 nitrogen and oxygen atoms in total. The maximum absolute atomic E-state index is 2.61. The zero-order chi connectivity index (χ0) is 45.9. The van der Waals surface area contributed by atoms with Gasteiger partial charge in [0.25, 0.3) is 6.71 Å². The molecule has 0 radical (unpaired) electrons. The lowest BCUT2D eigenvalue weighted by molar-refractivity contribution is 1.16. The molecular weight excluding hydrogens is 834 g/mol. The van der Waals surface area contributed by atoms with Crippen LogP contribution < -0.4 is 47.5 Å². The van der Waals surface area contributed by atoms with Crippen LogP contribution in [0.5, 0.6) is 0 Å². The van der Waals surface area contributed by atoms with E-state index in [9.17, 15) is 0 Å². The maximum atomic E-state index is 2.61. The van der Waals surface area contributed by atoms with Crippen molar-refractivity contribution in [1.82, 2.24) is 4.57 Å². The topological polar surface area (TPSA) is 14.7 Å². The van der Waals surface area contributed by atoms with Crippen molar-refractivity contribution in [2.24, 2.45) is 0 Å². The SMILES string of the molecule is Cc1cc(C)c(B2c3ccccc3N(c3ccccc3)c3cc4c(cc32)B2c3ccccc3N(c3ccccc3)c3cc(-n5c6ccccc6c6ccccc65)cc(c32)N4c2ccccc2)c(C)c1. The van der Waals surface area contributed by atoms with Gasteiger partial charge in [0.05, 0.1) is 16.7 Å². The summed E-state index contributed by atoms with van der Waals surface area (Å²) in [5, 5.41) is 2.49. The first kappa shape index (κ1) is 39.7. The van der Waals surface area contributed by atoms with E-state index in [-0.39, 0.29) is 13.4 Å². The molecule has 11 aromatic rings. The monoisotopic (exact) mass is 880 g/mol. The van der Waals surface area contributed by atoms with Crippen molar-refractivity contribution < 1.29 is 0 Å². The number of para-hydroxylation sites is 7. The number of hydrogen-bond donors (Lipinski definition) is 0. The van der Waals surface area contributed by atoms with Gasteiger partial charge in [0.15, 0.2) is 0 Å². The Labute approximate surface area is 404 Å². The number of hydrogen-bond acceptors (Lipinski definition) is 3. The molecule has 0 amide bonds. The van der Waals surface area contributed by atoms with Gasteiger partial charge in [0, 0.05) is 62.0 Å². The van der Waals surface area contributed by atoms with Crippen LogP contribution >= 0.6 is 0 Å². The van der Waals surface area contributed by atoms with Crippen LogP contribution in [0.25, 0.3) is 27.5 Å². The Morgan fingerprint density at radius 1 is 0.290 bits per heavy atom. The van der Waals surface area contributed by atoms with E-state index in [0.717, 1.165) is 22.7 Å². The molecule has 0 aliphatic carbocycles. The molecule has 0 saturated heterocycles. The van der Waals surface area contributed by atoms with Gasteiger partial charge in [-0.2, -0.15) is 0 Å². The number of benzene rings is 10. The highest BCUT2D eigenvalue weighted by Gasteiger charge is 2.46. The molecule has 0 unspecified atom stereocenters. The third-order valence-corrected chi connectivity index (χ3v) is 15.1. The van der Waals surface area contributed by atoms with Crippen LogP contribution in [-0.2, 0) is 0 Å². The van der Waals surface area contributed by atoms with Crippen LogP contribution in [0.4, 0.5) is 51.2 Å². The average molecular weight is 881 g/mol. The van der Waals surface area contributed by atoms with Crippen molar-refractivity contribution in [3.8, 4) is 5.69 Å². The number of anilines is 9. The normalized spacial score (nSPS) is 13.3. The van der Waals surface area contributed by atoms with Gasteiger partial charge < -0.3 is 19.3 Å². The Morgan fingerprint density at radius 3 is 1.17 bits per heavy atom. The van der Waals surface area contributed by atoms with E-state index in [0.29, 0.717) is 0 Å². The Balaban J connectivity index is 1.14. The molecule has 1 aromatic heterocycles. The van der Waals surface area contributed by atoms with Gasteiger partial charge in [-0.15, -0.1) is 0 Å². The predicted octanol–water partition coefficient (Wildman–Crippen LogP) is 12.1. The van der Waals surface area contributed by atoms with Crippen LogP contribution in [0, 0.1) is 20.8 Å². The van der Waals surface area contributed by atoms with Crippen LogP contribution in [0.2, 0.25) is 0 Å². The first-order valence-electron chi connectivity index (χ1n) is 24.2. The fraction of sp³-hybridized carbons (Fsp3) is 0.0476. The molecule has 0 atom stereocenters. The van der Waals surface area contributed by atoms with Gasteiger partial charge in [0.2, 0.25) is 6.71 Å². The Hall–Kier alpha value is -8.47. The van der Waals surface area contributed by atoms with E-state index in [1.807, 2.05) is 0 Å². The minimum absolute atomic E-state index is 0.00503. The maximum Gasteiger partial charge on any atom is 0.252 e. The van der Waals surface area contributed by atoms with Crippen LogP contribution in [0.15, 0.2) is 224 Å². The molecule has 4 heterocycles. The van der Waals surface area contributed by atoms with Gasteiger partial charge in [-0.05, 0) is 127 Å². The third-order valence-electron chi connectivity index (χ3n) is 15.1. The number of nitrogens with zero attached hydrogens (tertiary/aromatic N) is 4. The summed E-state index contributed by atoms with van der Waals surface area (Å²) in [6.07, 6.45) is 0. The smallest absolute Gasteiger partial charge is 0.252 e. The molecule has 0 spiro atoms. The van der Waals surface area contributed by atoms with Crippen molar-refractivity contribution >= 4 is 119 Å². The van der Waals surface area contributed by atoms with E-state index < -0.39 is 0 Å². The summed E-state index contributed by atoms with van der Waals surface area (Å²) in [6.45, 7) is 6.78. The van der Waals surface area contributed by atoms with Gasteiger partial charge in [-0.1, -0.05) is 168 Å². The number of fused-ring (bicyclic) bond motifs is 9. The summed E-state index contributed by atoms with van der Waals surface area (Å²) in [5.74, 6) is 0. The fourth-order valence-electron chi connectivity index (χ4n) is 12.5. The summed E-state index contributed by atoms with van der Waals surface area (Å²) >= 11 is 0. The molecule has 0 N–H and O–H groups in total. The zero-order valence-corrected chi connectivity index (χ0v) is 38.8. The lowest BCUT2D eigenvalue weighted by Crippen LogP contribution is -2.64. The second-order valence-corrected chi connectivity index (χ2v) is 19.0. The molecule has 14 rings (SSSR count). The largest absolute Gasteiger partial charge is 0.311 e. The van der Waals surface area contributed by atoms with Crippen molar-refractivity contribution in [2.75, 3.05) is 14.7 Å². The molecule has 69 heavy (non-hydrogen) atoms. The molecule has 10 aromatic carbocycles. The Kier molecular flexibility index (Phi) is 8.79. The lowest BCUT2D eigenvalue weighted by atomic mass is 9.30. The van der Waals surface area contributed by atoms with Gasteiger partial charge in [-0.3, -0.25) is 0 Å². The lowest BCUT2D eigenvalue weighted by Gasteiger charge is -2.46. The van der Waals surface area contributed by atoms with Gasteiger partial charge in [-0.25, -0.2) is 0 Å². The number of aryl methyl sites for hydroxylation is 3. The van der Waals surface area contributed by atoms with Crippen molar-refractivity contribution in [3.05, 3.63) is 241 Å². The minimum Gasteiger partial charge on any atom is -0.311 e. The fourth-order valence-corrected chi connectivity index (χ4v) is 12.5. The summed E-state index contributed by atoms with van der Waals surface area (Å²) < 4.78 is 2.48. The zero-order valence-electron chi connectivity index (χ0n) is 38.8. The second-order valence-electron chi connectivity index (χ2n) is 19.0. The number of rotatable bonds is 5. The first-order valence-corrected chi connectivity index (χ1v) is 24.2. The van der Waals surface area contributed by atoms with Crippen LogP contribution in [0.3, 0.4) is 0 Å². The molecule has 3 aliphatic rings. The van der Waals surface area contributed by atoms with E-state index in [4.69, 9.17) is 0 Å². The van der Waals surface area contributed by atoms with E-state index in [1.54, 1.807) is 0 Å². The average Bonchev–Trinajstić information content (AvgIpc) is 3.73. The Morgan fingerprint density at radius 2 is 0.681 bits per heavy atom. The van der Waals surface area contributed by atoms with Crippen molar-refractivity contribution in [1.29, 1.82) is 0 Å². The molecule has 0 saturated carbocycles. The highest BCUT2D eigenvalue weighted by molar-refractivity contribution is 7.02. The van der Waals surface area contributed by atoms with E-state index >= 15 is 0 Å². The molecule has 3 aliphatic heterocycles. The number of aromatic nitrogens is 1. The summed E-state index contributed by atoms with van der Waals surface area (Å²) in [4.78, 5) is 7.61. The standard InChI is InChI=1S/C63H46B2N4/c1-41-35-42(2)62(43(3)36-41)64-50-29-15-19-33-56(50)66(44-21-7-4-8-22-44)58-40-59-53(39-52(58)64)65-51-30-16-20-34-57(51)67(45-23-9-5-10-24-45)60-37-47(38-61(63(60)65)68(59)46-25-11-6-12-26-46)69-54-31-17-13-27-48(54)49-28-14-18-32-55(49)69/h4-40H,1-3H3. The molecule has 0 fully saturated rings. The first-order chi connectivity index (χ1) is 34.0. The molecule has 6 heteroatoms. The summed E-state index contributed by atoms with van der Waals surface area (Å²) in [5.41, 5.74) is 25.9. The van der Waals surface area contributed by atoms with E-state index in [2.05, 4.69) is 264 Å². The second kappa shape index (κ2) is 15.3. The Bertz CT molecular complexity index is 3790. The van der Waals surface area contributed by atoms with Gasteiger partial charge in [0.1, 0.15) is 0 Å². The van der Waals surface area contributed by atoms with Crippen molar-refractivity contribution in [2.45, 2.75) is 20.8 Å². The van der Waals surface area contributed by atoms with E-state index in [1.165, 1.54) is 105 Å².